The molecule has 0 amide bonds. The minimum Gasteiger partial charge on any atom is -0.480 e. The van der Waals surface area contributed by atoms with Crippen molar-refractivity contribution in [3.05, 3.63) is 45.8 Å². The second-order valence-corrected chi connectivity index (χ2v) is 10.9. The van der Waals surface area contributed by atoms with Crippen LogP contribution >= 0.6 is 11.6 Å². The van der Waals surface area contributed by atoms with Crippen LogP contribution in [0.25, 0.3) is 10.9 Å². The van der Waals surface area contributed by atoms with E-state index in [9.17, 15) is 9.59 Å². The van der Waals surface area contributed by atoms with Crippen LogP contribution < -0.4 is 20.5 Å². The number of benzene rings is 1. The molecule has 9 heteroatoms. The Hall–Kier alpha value is -3.13. The number of Topliss-reactive ketones (excluding diaryl/α,β-unsaturated/α-hetero) is 1. The summed E-state index contributed by atoms with van der Waals surface area (Å²) in [5.41, 5.74) is 1.43. The lowest BCUT2D eigenvalue weighted by molar-refractivity contribution is -0.120. The number of carbonyl (C=O) groups is 1. The van der Waals surface area contributed by atoms with Gasteiger partial charge in [0.15, 0.2) is 17.4 Å². The molecule has 38 heavy (non-hydrogen) atoms. The number of nitrogens with one attached hydrogen (secondary N) is 1. The van der Waals surface area contributed by atoms with E-state index < -0.39 is 0 Å². The Balaban J connectivity index is 1.44. The van der Waals surface area contributed by atoms with Crippen LogP contribution in [0.15, 0.2) is 35.3 Å². The number of hydrogen-bond donors (Lipinski definition) is 1. The van der Waals surface area contributed by atoms with E-state index >= 15 is 0 Å². The van der Waals surface area contributed by atoms with Crippen LogP contribution in [0.4, 0.5) is 17.5 Å². The highest BCUT2D eigenvalue weighted by Gasteiger charge is 2.23. The van der Waals surface area contributed by atoms with E-state index in [1.165, 1.54) is 19.3 Å². The Labute approximate surface area is 228 Å². The number of nitrogens with zero attached hydrogens (tertiary/aromatic N) is 4. The normalized spacial score (nSPS) is 17.6. The van der Waals surface area contributed by atoms with Gasteiger partial charge in [-0.3, -0.25) is 9.59 Å². The summed E-state index contributed by atoms with van der Waals surface area (Å²) in [5, 5.41) is 4.63. The number of hydrogen-bond acceptors (Lipinski definition) is 7. The zero-order chi connectivity index (χ0) is 26.6. The van der Waals surface area contributed by atoms with E-state index in [2.05, 4.69) is 22.1 Å². The average molecular weight is 538 g/mol. The molecule has 0 radical (unpaired) electrons. The Bertz CT molecular complexity index is 1370. The van der Waals surface area contributed by atoms with Crippen LogP contribution in [0.5, 0.6) is 5.75 Å². The quantitative estimate of drug-likeness (QED) is 0.322. The maximum Gasteiger partial charge on any atom is 0.293 e. The summed E-state index contributed by atoms with van der Waals surface area (Å²) in [5.74, 6) is 2.72. The van der Waals surface area contributed by atoms with Crippen molar-refractivity contribution in [3.63, 3.8) is 0 Å². The average Bonchev–Trinajstić information content (AvgIpc) is 3.77. The van der Waals surface area contributed by atoms with Crippen LogP contribution in [0.3, 0.4) is 0 Å². The molecule has 3 aromatic rings. The summed E-state index contributed by atoms with van der Waals surface area (Å²) >= 11 is 6.49. The number of rotatable bonds is 11. The van der Waals surface area contributed by atoms with Crippen LogP contribution in [-0.4, -0.2) is 40.0 Å². The van der Waals surface area contributed by atoms with E-state index in [0.717, 1.165) is 48.9 Å². The maximum atomic E-state index is 13.2. The van der Waals surface area contributed by atoms with E-state index in [1.807, 2.05) is 18.2 Å². The molecule has 1 saturated carbocycles. The molecule has 0 spiro atoms. The van der Waals surface area contributed by atoms with Crippen molar-refractivity contribution >= 4 is 45.7 Å². The van der Waals surface area contributed by atoms with Crippen molar-refractivity contribution in [1.29, 1.82) is 0 Å². The molecule has 0 bridgehead atoms. The molecule has 3 heterocycles. The summed E-state index contributed by atoms with van der Waals surface area (Å²) in [7, 11) is 0. The van der Waals surface area contributed by atoms with Gasteiger partial charge in [0.25, 0.3) is 5.56 Å². The van der Waals surface area contributed by atoms with Crippen molar-refractivity contribution in [1.82, 2.24) is 14.5 Å². The number of carbonyl (C=O) groups excluding carboxylic acids is 1. The molecule has 8 nitrogen and oxygen atoms in total. The molecule has 0 unspecified atom stereocenters. The molecule has 1 atom stereocenters. The number of anilines is 3. The van der Waals surface area contributed by atoms with Gasteiger partial charge in [-0.25, -0.2) is 4.98 Å². The smallest absolute Gasteiger partial charge is 0.293 e. The van der Waals surface area contributed by atoms with E-state index in [4.69, 9.17) is 21.3 Å². The van der Waals surface area contributed by atoms with Gasteiger partial charge in [-0.2, -0.15) is 4.98 Å². The highest BCUT2D eigenvalue weighted by molar-refractivity contribution is 6.32. The largest absolute Gasteiger partial charge is 0.480 e. The predicted molar refractivity (Wildman–Crippen MR) is 152 cm³/mol. The highest BCUT2D eigenvalue weighted by Crippen LogP contribution is 2.34. The fraction of sp³-hybridized carbons (Fsp3) is 0.517. The first kappa shape index (κ1) is 26.5. The van der Waals surface area contributed by atoms with Crippen LogP contribution in [0.1, 0.15) is 58.8 Å². The van der Waals surface area contributed by atoms with Gasteiger partial charge in [0.05, 0.1) is 11.7 Å². The van der Waals surface area contributed by atoms with Gasteiger partial charge in [0, 0.05) is 37.1 Å². The number of aryl methyl sites for hydroxylation is 1. The molecular weight excluding hydrogens is 502 g/mol. The third-order valence-electron chi connectivity index (χ3n) is 7.68. The number of ether oxygens (including phenoxy) is 1. The number of halogens is 1. The summed E-state index contributed by atoms with van der Waals surface area (Å²) in [6.45, 7) is 6.43. The Kier molecular flexibility index (Phi) is 8.17. The molecule has 5 rings (SSSR count). The molecule has 2 aromatic heterocycles. The SMILES string of the molecule is CCC(=O)COc1cc2cc(Nc3nc(N4CCC[C@H](CC)C4)ncc3Cl)ccc2n(CCC2CC2)c1=O. The molecule has 1 aliphatic heterocycles. The van der Waals surface area contributed by atoms with Gasteiger partial charge < -0.3 is 19.5 Å². The van der Waals surface area contributed by atoms with Crippen molar-refractivity contribution in [3.8, 4) is 5.75 Å². The predicted octanol–water partition coefficient (Wildman–Crippen LogP) is 5.97. The lowest BCUT2D eigenvalue weighted by atomic mass is 9.96. The summed E-state index contributed by atoms with van der Waals surface area (Å²) < 4.78 is 7.47. The molecule has 1 aliphatic carbocycles. The molecule has 1 aromatic carbocycles. The van der Waals surface area contributed by atoms with Crippen molar-refractivity contribution in [2.75, 3.05) is 29.9 Å². The molecule has 2 fully saturated rings. The highest BCUT2D eigenvalue weighted by atomic mass is 35.5. The van der Waals surface area contributed by atoms with Gasteiger partial charge in [-0.05, 0) is 55.4 Å². The van der Waals surface area contributed by atoms with E-state index in [1.54, 1.807) is 23.8 Å². The number of pyridine rings is 1. The van der Waals surface area contributed by atoms with Crippen molar-refractivity contribution < 1.29 is 9.53 Å². The maximum absolute atomic E-state index is 13.2. The third-order valence-corrected chi connectivity index (χ3v) is 7.95. The van der Waals surface area contributed by atoms with Crippen LogP contribution in [-0.2, 0) is 11.3 Å². The van der Waals surface area contributed by atoms with Crippen LogP contribution in [0, 0.1) is 11.8 Å². The minimum absolute atomic E-state index is 0.0439. The topological polar surface area (TPSA) is 89.3 Å². The first-order valence-corrected chi connectivity index (χ1v) is 14.2. The van der Waals surface area contributed by atoms with Gasteiger partial charge in [-0.1, -0.05) is 44.7 Å². The van der Waals surface area contributed by atoms with E-state index in [-0.39, 0.29) is 23.7 Å². The Morgan fingerprint density at radius 1 is 1.18 bits per heavy atom. The van der Waals surface area contributed by atoms with Gasteiger partial charge in [0.2, 0.25) is 5.95 Å². The fourth-order valence-electron chi connectivity index (χ4n) is 5.06. The molecule has 2 aliphatic rings. The lowest BCUT2D eigenvalue weighted by Crippen LogP contribution is -2.36. The second-order valence-electron chi connectivity index (χ2n) is 10.5. The Morgan fingerprint density at radius 2 is 2.03 bits per heavy atom. The summed E-state index contributed by atoms with van der Waals surface area (Å²) in [6.07, 6.45) is 8.95. The Morgan fingerprint density at radius 3 is 2.79 bits per heavy atom. The minimum atomic E-state index is -0.196. The van der Waals surface area contributed by atoms with Crippen molar-refractivity contribution in [2.24, 2.45) is 11.8 Å². The van der Waals surface area contributed by atoms with Crippen molar-refractivity contribution in [2.45, 2.75) is 65.3 Å². The number of ketones is 1. The van der Waals surface area contributed by atoms with Crippen LogP contribution in [0.2, 0.25) is 5.02 Å². The third kappa shape index (κ3) is 6.12. The molecule has 202 valence electrons. The summed E-state index contributed by atoms with van der Waals surface area (Å²) in [6, 6.07) is 7.57. The molecular formula is C29H36ClN5O3. The monoisotopic (exact) mass is 537 g/mol. The molecule has 1 N–H and O–H groups in total. The first-order valence-electron chi connectivity index (χ1n) is 13.8. The molecule has 1 saturated heterocycles. The fourth-order valence-corrected chi connectivity index (χ4v) is 5.20. The number of piperidine rings is 1. The lowest BCUT2D eigenvalue weighted by Gasteiger charge is -2.32. The standard InChI is InChI=1S/C29H36ClN5O3/c1-3-19-6-5-12-34(17-19)29-31-16-24(30)27(33-29)32-22-9-10-25-21(14-22)15-26(38-18-23(36)4-2)28(37)35(25)13-11-20-7-8-20/h9-10,14-16,19-20H,3-8,11-13,17-18H2,1-2H3,(H,31,32,33)/t19-/m0/s1. The zero-order valence-electron chi connectivity index (χ0n) is 22.2. The summed E-state index contributed by atoms with van der Waals surface area (Å²) in [4.78, 5) is 36.6. The second kappa shape index (κ2) is 11.7. The van der Waals surface area contributed by atoms with E-state index in [0.29, 0.717) is 41.6 Å². The van der Waals surface area contributed by atoms with Gasteiger partial charge in [-0.15, -0.1) is 0 Å². The first-order chi connectivity index (χ1) is 18.4. The number of fused-ring (bicyclic) bond motifs is 1. The van der Waals surface area contributed by atoms with Gasteiger partial charge >= 0.3 is 0 Å². The van der Waals surface area contributed by atoms with Gasteiger partial charge in [0.1, 0.15) is 11.6 Å². The number of aromatic nitrogens is 3. The zero-order valence-corrected chi connectivity index (χ0v) is 23.0.